The largest absolute Gasteiger partial charge is 0.383 e. The molecule has 6 nitrogen and oxygen atoms in total. The molecule has 0 spiro atoms. The minimum atomic E-state index is -0.444. The Hall–Kier alpha value is -2.28. The van der Waals surface area contributed by atoms with E-state index in [0.717, 1.165) is 18.4 Å². The van der Waals surface area contributed by atoms with Crippen molar-refractivity contribution in [2.75, 3.05) is 11.5 Å². The van der Waals surface area contributed by atoms with Crippen LogP contribution in [-0.4, -0.2) is 21.9 Å². The van der Waals surface area contributed by atoms with Gasteiger partial charge in [-0.15, -0.1) is 0 Å². The van der Waals surface area contributed by atoms with E-state index in [1.54, 1.807) is 0 Å². The highest BCUT2D eigenvalue weighted by atomic mass is 32.2. The standard InChI is InChI=1S/C19H25N5OS/c20-15-12-16(21)24-19(23-15)26-17(13-8-4-3-5-9-13)18(25)22-14-10-6-1-2-7-11-14/h3-5,8-9,12,14,17H,1-2,6-7,10-11H2,(H,22,25)(H4,20,21,23,24)/t17-/m0/s1. The van der Waals surface area contributed by atoms with Gasteiger partial charge in [0.2, 0.25) is 5.91 Å². The molecule has 0 bridgehead atoms. The lowest BCUT2D eigenvalue weighted by Crippen LogP contribution is -2.37. The molecule has 0 radical (unpaired) electrons. The summed E-state index contributed by atoms with van der Waals surface area (Å²) in [5, 5.41) is 3.19. The van der Waals surface area contributed by atoms with Crippen LogP contribution in [0.2, 0.25) is 0 Å². The predicted octanol–water partition coefficient (Wildman–Crippen LogP) is 3.31. The second kappa shape index (κ2) is 8.89. The van der Waals surface area contributed by atoms with Gasteiger partial charge >= 0.3 is 0 Å². The van der Waals surface area contributed by atoms with Crippen LogP contribution in [-0.2, 0) is 4.79 Å². The number of amides is 1. The minimum absolute atomic E-state index is 0.0160. The molecular weight excluding hydrogens is 346 g/mol. The maximum Gasteiger partial charge on any atom is 0.238 e. The maximum absolute atomic E-state index is 13.0. The number of hydrogen-bond donors (Lipinski definition) is 3. The van der Waals surface area contributed by atoms with Crippen LogP contribution in [0.3, 0.4) is 0 Å². The molecule has 1 fully saturated rings. The van der Waals surface area contributed by atoms with Gasteiger partial charge in [-0.25, -0.2) is 9.97 Å². The van der Waals surface area contributed by atoms with Crippen LogP contribution in [0, 0.1) is 0 Å². The van der Waals surface area contributed by atoms with Gasteiger partial charge in [0.15, 0.2) is 5.16 Å². The summed E-state index contributed by atoms with van der Waals surface area (Å²) in [4.78, 5) is 21.5. The summed E-state index contributed by atoms with van der Waals surface area (Å²) >= 11 is 1.28. The molecule has 0 saturated heterocycles. The zero-order chi connectivity index (χ0) is 18.4. The van der Waals surface area contributed by atoms with Gasteiger partial charge in [-0.3, -0.25) is 4.79 Å². The molecule has 1 atom stereocenters. The van der Waals surface area contributed by atoms with Crippen molar-refractivity contribution < 1.29 is 4.79 Å². The first-order chi connectivity index (χ1) is 12.6. The number of carbonyl (C=O) groups excluding carboxylic acids is 1. The van der Waals surface area contributed by atoms with Crippen molar-refractivity contribution in [1.82, 2.24) is 15.3 Å². The summed E-state index contributed by atoms with van der Waals surface area (Å²) in [5.74, 6) is 0.588. The van der Waals surface area contributed by atoms with Gasteiger partial charge in [0.25, 0.3) is 0 Å². The molecule has 1 heterocycles. The number of carbonyl (C=O) groups is 1. The summed E-state index contributed by atoms with van der Waals surface area (Å²) < 4.78 is 0. The molecule has 7 heteroatoms. The van der Waals surface area contributed by atoms with Crippen molar-refractivity contribution in [2.24, 2.45) is 0 Å². The van der Waals surface area contributed by atoms with Crippen LogP contribution in [0.1, 0.15) is 49.3 Å². The number of rotatable bonds is 5. The Morgan fingerprint density at radius 2 is 1.65 bits per heavy atom. The molecule has 138 valence electrons. The number of nitrogen functional groups attached to an aromatic ring is 2. The van der Waals surface area contributed by atoms with E-state index in [-0.39, 0.29) is 11.9 Å². The molecule has 0 aliphatic heterocycles. The van der Waals surface area contributed by atoms with Gasteiger partial charge in [-0.2, -0.15) is 0 Å². The Labute approximate surface area is 158 Å². The first-order valence-corrected chi connectivity index (χ1v) is 9.92. The first-order valence-electron chi connectivity index (χ1n) is 9.04. The van der Waals surface area contributed by atoms with Crippen LogP contribution in [0.15, 0.2) is 41.6 Å². The molecule has 1 aromatic heterocycles. The summed E-state index contributed by atoms with van der Waals surface area (Å²) in [6.45, 7) is 0. The van der Waals surface area contributed by atoms with Gasteiger partial charge in [-0.1, -0.05) is 67.8 Å². The van der Waals surface area contributed by atoms with Crippen molar-refractivity contribution >= 4 is 29.3 Å². The smallest absolute Gasteiger partial charge is 0.238 e. The van der Waals surface area contributed by atoms with Crippen molar-refractivity contribution in [1.29, 1.82) is 0 Å². The molecule has 1 aliphatic rings. The van der Waals surface area contributed by atoms with Crippen LogP contribution in [0.25, 0.3) is 0 Å². The van der Waals surface area contributed by atoms with E-state index in [1.807, 2.05) is 30.3 Å². The lowest BCUT2D eigenvalue weighted by molar-refractivity contribution is -0.121. The normalized spacial score (nSPS) is 16.6. The van der Waals surface area contributed by atoms with E-state index in [0.29, 0.717) is 16.8 Å². The number of benzene rings is 1. The Kier molecular flexibility index (Phi) is 6.33. The van der Waals surface area contributed by atoms with E-state index in [2.05, 4.69) is 15.3 Å². The number of thioether (sulfide) groups is 1. The molecule has 26 heavy (non-hydrogen) atoms. The van der Waals surface area contributed by atoms with Gasteiger partial charge in [-0.05, 0) is 18.4 Å². The highest BCUT2D eigenvalue weighted by Gasteiger charge is 2.26. The van der Waals surface area contributed by atoms with Crippen LogP contribution >= 0.6 is 11.8 Å². The third-order valence-corrected chi connectivity index (χ3v) is 5.63. The maximum atomic E-state index is 13.0. The van der Waals surface area contributed by atoms with E-state index in [9.17, 15) is 4.79 Å². The number of hydrogen-bond acceptors (Lipinski definition) is 6. The van der Waals surface area contributed by atoms with Gasteiger partial charge in [0, 0.05) is 12.1 Å². The number of nitrogens with one attached hydrogen (secondary N) is 1. The zero-order valence-corrected chi connectivity index (χ0v) is 15.5. The highest BCUT2D eigenvalue weighted by molar-refractivity contribution is 8.00. The van der Waals surface area contributed by atoms with Gasteiger partial charge < -0.3 is 16.8 Å². The predicted molar refractivity (Wildman–Crippen MR) is 106 cm³/mol. The molecule has 1 saturated carbocycles. The third kappa shape index (κ3) is 5.11. The first kappa shape index (κ1) is 18.5. The quantitative estimate of drug-likeness (QED) is 0.423. The lowest BCUT2D eigenvalue weighted by atomic mass is 10.1. The SMILES string of the molecule is Nc1cc(N)nc(S[C@H](C(=O)NC2CCCCCC2)c2ccccc2)n1. The van der Waals surface area contributed by atoms with Gasteiger partial charge in [0.05, 0.1) is 0 Å². The van der Waals surface area contributed by atoms with E-state index >= 15 is 0 Å². The fourth-order valence-electron chi connectivity index (χ4n) is 3.22. The number of anilines is 2. The minimum Gasteiger partial charge on any atom is -0.383 e. The summed E-state index contributed by atoms with van der Waals surface area (Å²) in [5.41, 5.74) is 12.5. The fraction of sp³-hybridized carbons (Fsp3) is 0.421. The average molecular weight is 372 g/mol. The van der Waals surface area contributed by atoms with E-state index < -0.39 is 5.25 Å². The highest BCUT2D eigenvalue weighted by Crippen LogP contribution is 2.34. The lowest BCUT2D eigenvalue weighted by Gasteiger charge is -2.21. The van der Waals surface area contributed by atoms with E-state index in [1.165, 1.54) is 43.5 Å². The summed E-state index contributed by atoms with van der Waals surface area (Å²) in [7, 11) is 0. The van der Waals surface area contributed by atoms with Crippen molar-refractivity contribution in [3.8, 4) is 0 Å². The second-order valence-electron chi connectivity index (χ2n) is 6.61. The fourth-order valence-corrected chi connectivity index (χ4v) is 4.22. The number of nitrogens with two attached hydrogens (primary N) is 2. The monoisotopic (exact) mass is 371 g/mol. The molecule has 0 unspecified atom stereocenters. The average Bonchev–Trinajstić information content (AvgIpc) is 2.88. The van der Waals surface area contributed by atoms with Crippen LogP contribution in [0.4, 0.5) is 11.6 Å². The van der Waals surface area contributed by atoms with Crippen LogP contribution < -0.4 is 16.8 Å². The summed E-state index contributed by atoms with van der Waals surface area (Å²) in [6.07, 6.45) is 6.92. The molecule has 1 amide bonds. The van der Waals surface area contributed by atoms with Crippen LogP contribution in [0.5, 0.6) is 0 Å². The molecule has 3 rings (SSSR count). The molecule has 1 aromatic carbocycles. The van der Waals surface area contributed by atoms with Crippen molar-refractivity contribution in [2.45, 2.75) is 55.0 Å². The van der Waals surface area contributed by atoms with Gasteiger partial charge in [0.1, 0.15) is 16.9 Å². The third-order valence-electron chi connectivity index (χ3n) is 4.51. The van der Waals surface area contributed by atoms with Crippen molar-refractivity contribution in [3.63, 3.8) is 0 Å². The zero-order valence-electron chi connectivity index (χ0n) is 14.7. The Bertz CT molecular complexity index is 712. The summed E-state index contributed by atoms with van der Waals surface area (Å²) in [6, 6.07) is 11.4. The molecule has 2 aromatic rings. The molecule has 1 aliphatic carbocycles. The molecule has 5 N–H and O–H groups in total. The van der Waals surface area contributed by atoms with Crippen molar-refractivity contribution in [3.05, 3.63) is 42.0 Å². The number of aromatic nitrogens is 2. The topological polar surface area (TPSA) is 107 Å². The Balaban J connectivity index is 1.79. The molecular formula is C19H25N5OS. The number of nitrogens with zero attached hydrogens (tertiary/aromatic N) is 2. The Morgan fingerprint density at radius 3 is 2.27 bits per heavy atom. The second-order valence-corrected chi connectivity index (χ2v) is 7.68. The van der Waals surface area contributed by atoms with E-state index in [4.69, 9.17) is 11.5 Å². The Morgan fingerprint density at radius 1 is 1.04 bits per heavy atom.